The molecule has 3 aromatic rings. The number of ketones is 1. The molecule has 5 rings (SSSR count). The second kappa shape index (κ2) is 10.5. The van der Waals surface area contributed by atoms with Crippen LogP contribution in [0, 0.1) is 17.2 Å². The maximum Gasteiger partial charge on any atom is 0.335 e. The molecule has 0 amide bonds. The molecule has 5 nitrogen and oxygen atoms in total. The number of carboxylic acids is 1. The topological polar surface area (TPSA) is 87.4 Å². The van der Waals surface area contributed by atoms with Crippen molar-refractivity contribution in [1.82, 2.24) is 0 Å². The summed E-state index contributed by atoms with van der Waals surface area (Å²) < 4.78 is 5.98. The van der Waals surface area contributed by atoms with Crippen molar-refractivity contribution in [2.45, 2.75) is 31.1 Å². The minimum absolute atomic E-state index is 0.0145. The summed E-state index contributed by atoms with van der Waals surface area (Å²) in [5.41, 5.74) is 2.64. The lowest BCUT2D eigenvalue weighted by Gasteiger charge is -2.20. The molecule has 0 bridgehead atoms. The van der Waals surface area contributed by atoms with Gasteiger partial charge in [0.25, 0.3) is 0 Å². The molecule has 190 valence electrons. The van der Waals surface area contributed by atoms with Crippen LogP contribution in [0.25, 0.3) is 0 Å². The van der Waals surface area contributed by atoms with Crippen molar-refractivity contribution in [1.29, 1.82) is 5.41 Å². The number of aromatic carboxylic acids is 1. The summed E-state index contributed by atoms with van der Waals surface area (Å²) >= 11 is 19.2. The summed E-state index contributed by atoms with van der Waals surface area (Å²) in [4.78, 5) is 24.4. The highest BCUT2D eigenvalue weighted by Gasteiger charge is 2.41. The first-order chi connectivity index (χ1) is 17.7. The summed E-state index contributed by atoms with van der Waals surface area (Å²) in [5.74, 6) is -0.916. The lowest BCUT2D eigenvalue weighted by atomic mass is 9.91. The summed E-state index contributed by atoms with van der Waals surface area (Å²) in [7, 11) is 0. The normalized spacial score (nSPS) is 19.2. The molecule has 3 atom stereocenters. The minimum Gasteiger partial charge on any atom is -0.492 e. The van der Waals surface area contributed by atoms with Crippen molar-refractivity contribution in [3.05, 3.63) is 98.0 Å². The van der Waals surface area contributed by atoms with E-state index in [0.29, 0.717) is 26.4 Å². The van der Waals surface area contributed by atoms with Crippen molar-refractivity contribution < 1.29 is 19.4 Å². The molecule has 3 aromatic carbocycles. The largest absolute Gasteiger partial charge is 0.492 e. The smallest absolute Gasteiger partial charge is 0.335 e. The molecule has 0 saturated heterocycles. The van der Waals surface area contributed by atoms with Crippen molar-refractivity contribution in [2.24, 2.45) is 11.8 Å². The highest BCUT2D eigenvalue weighted by Crippen LogP contribution is 2.56. The van der Waals surface area contributed by atoms with Crippen LogP contribution in [0.2, 0.25) is 15.1 Å². The Morgan fingerprint density at radius 2 is 1.65 bits per heavy atom. The van der Waals surface area contributed by atoms with Crippen LogP contribution in [0.3, 0.4) is 0 Å². The predicted molar refractivity (Wildman–Crippen MR) is 145 cm³/mol. The summed E-state index contributed by atoms with van der Waals surface area (Å²) in [6.45, 7) is -0.0145. The molecular formula is C29H24Cl3NO4. The highest BCUT2D eigenvalue weighted by atomic mass is 35.5. The summed E-state index contributed by atoms with van der Waals surface area (Å²) in [6.07, 6.45) is 2.52. The average Bonchev–Trinajstić information content (AvgIpc) is 3.78. The fourth-order valence-electron chi connectivity index (χ4n) is 4.78. The molecule has 2 fully saturated rings. The molecule has 3 unspecified atom stereocenters. The maximum atomic E-state index is 13.0. The first-order valence-electron chi connectivity index (χ1n) is 12.1. The molecular weight excluding hydrogens is 533 g/mol. The number of rotatable bonds is 10. The van der Waals surface area contributed by atoms with Gasteiger partial charge < -0.3 is 15.3 Å². The zero-order valence-corrected chi connectivity index (χ0v) is 22.0. The summed E-state index contributed by atoms with van der Waals surface area (Å²) in [5, 5.41) is 19.2. The number of carboxylic acid groups (broad SMARTS) is 1. The monoisotopic (exact) mass is 555 g/mol. The number of halogens is 3. The zero-order chi connectivity index (χ0) is 26.3. The second-order valence-corrected chi connectivity index (χ2v) is 10.8. The molecule has 2 aliphatic rings. The van der Waals surface area contributed by atoms with E-state index >= 15 is 0 Å². The van der Waals surface area contributed by atoms with E-state index in [9.17, 15) is 14.7 Å². The van der Waals surface area contributed by atoms with Gasteiger partial charge in [-0.3, -0.25) is 4.79 Å². The van der Waals surface area contributed by atoms with E-state index in [1.165, 1.54) is 0 Å². The molecule has 0 radical (unpaired) electrons. The first kappa shape index (κ1) is 25.8. The number of ether oxygens (including phenoxy) is 1. The Morgan fingerprint density at radius 1 is 0.946 bits per heavy atom. The minimum atomic E-state index is -0.943. The molecule has 8 heteroatoms. The van der Waals surface area contributed by atoms with Crippen molar-refractivity contribution in [3.63, 3.8) is 0 Å². The molecule has 2 aliphatic carbocycles. The van der Waals surface area contributed by atoms with Gasteiger partial charge >= 0.3 is 5.97 Å². The average molecular weight is 557 g/mol. The van der Waals surface area contributed by atoms with Crippen LogP contribution in [0.15, 0.2) is 60.7 Å². The SMILES string of the molecule is N=C(c1c(Cl)cccc1Cl)C(COc1ccc(C2CC2c2cccc(C(=O)O)c2)c(Cl)c1)C(=O)C1CC1. The third-order valence-electron chi connectivity index (χ3n) is 7.04. The van der Waals surface area contributed by atoms with Crippen LogP contribution in [-0.2, 0) is 4.79 Å². The van der Waals surface area contributed by atoms with Crippen LogP contribution >= 0.6 is 34.8 Å². The Balaban J connectivity index is 1.30. The molecule has 0 aromatic heterocycles. The molecule has 2 saturated carbocycles. The third-order valence-corrected chi connectivity index (χ3v) is 8.00. The van der Waals surface area contributed by atoms with E-state index in [1.807, 2.05) is 18.2 Å². The lowest BCUT2D eigenvalue weighted by Crippen LogP contribution is -2.31. The number of carbonyl (C=O) groups excluding carboxylic acids is 1. The van der Waals surface area contributed by atoms with Gasteiger partial charge in [-0.05, 0) is 78.6 Å². The zero-order valence-electron chi connectivity index (χ0n) is 19.7. The molecule has 0 heterocycles. The van der Waals surface area contributed by atoms with E-state index in [4.69, 9.17) is 44.9 Å². The van der Waals surface area contributed by atoms with E-state index in [2.05, 4.69) is 0 Å². The van der Waals surface area contributed by atoms with Crippen LogP contribution in [0.4, 0.5) is 0 Å². The Hall–Kier alpha value is -2.86. The van der Waals surface area contributed by atoms with Gasteiger partial charge in [0.1, 0.15) is 18.1 Å². The number of carbonyl (C=O) groups is 2. The Bertz CT molecular complexity index is 1380. The molecule has 37 heavy (non-hydrogen) atoms. The van der Waals surface area contributed by atoms with Gasteiger partial charge in [0, 0.05) is 16.5 Å². The van der Waals surface area contributed by atoms with Gasteiger partial charge in [0.05, 0.1) is 27.2 Å². The third kappa shape index (κ3) is 5.54. The molecule has 0 aliphatic heterocycles. The molecule has 2 N–H and O–H groups in total. The number of hydrogen-bond acceptors (Lipinski definition) is 4. The number of Topliss-reactive ketones (excluding diaryl/α,β-unsaturated/α-hetero) is 1. The first-order valence-corrected chi connectivity index (χ1v) is 13.2. The van der Waals surface area contributed by atoms with Crippen LogP contribution in [0.5, 0.6) is 5.75 Å². The fourth-order valence-corrected chi connectivity index (χ4v) is 5.69. The highest BCUT2D eigenvalue weighted by molar-refractivity contribution is 6.40. The van der Waals surface area contributed by atoms with Crippen LogP contribution in [0.1, 0.15) is 58.1 Å². The lowest BCUT2D eigenvalue weighted by molar-refractivity contribution is -0.122. The standard InChI is InChI=1S/C29H24Cl3NO4/c30-23-5-2-6-24(31)26(23)27(33)22(28(34)15-7-8-15)14-37-18-9-10-19(25(32)12-18)21-13-20(21)16-3-1-4-17(11-16)29(35)36/h1-6,9-12,15,20-22,33H,7-8,13-14H2,(H,35,36). The van der Waals surface area contributed by atoms with Gasteiger partial charge in [0.15, 0.2) is 0 Å². The Labute approximate surface area is 229 Å². The van der Waals surface area contributed by atoms with E-state index in [1.54, 1.807) is 42.5 Å². The van der Waals surface area contributed by atoms with Crippen LogP contribution in [-0.4, -0.2) is 29.2 Å². The van der Waals surface area contributed by atoms with E-state index < -0.39 is 11.9 Å². The Morgan fingerprint density at radius 3 is 2.30 bits per heavy atom. The number of nitrogens with one attached hydrogen (secondary N) is 1. The van der Waals surface area contributed by atoms with Gasteiger partial charge in [-0.15, -0.1) is 0 Å². The summed E-state index contributed by atoms with van der Waals surface area (Å²) in [6, 6.07) is 17.5. The van der Waals surface area contributed by atoms with E-state index in [0.717, 1.165) is 30.4 Å². The maximum absolute atomic E-state index is 13.0. The molecule has 0 spiro atoms. The van der Waals surface area contributed by atoms with Gasteiger partial charge in [-0.1, -0.05) is 59.1 Å². The predicted octanol–water partition coefficient (Wildman–Crippen LogP) is 7.66. The van der Waals surface area contributed by atoms with Crippen molar-refractivity contribution in [2.75, 3.05) is 6.61 Å². The van der Waals surface area contributed by atoms with Gasteiger partial charge in [-0.25, -0.2) is 4.79 Å². The van der Waals surface area contributed by atoms with E-state index in [-0.39, 0.29) is 41.4 Å². The fraction of sp³-hybridized carbons (Fsp3) is 0.276. The second-order valence-electron chi connectivity index (χ2n) is 9.61. The number of hydrogen-bond donors (Lipinski definition) is 2. The van der Waals surface area contributed by atoms with Crippen LogP contribution < -0.4 is 4.74 Å². The number of benzene rings is 3. The van der Waals surface area contributed by atoms with Gasteiger partial charge in [0.2, 0.25) is 0 Å². The van der Waals surface area contributed by atoms with Crippen molar-refractivity contribution in [3.8, 4) is 5.75 Å². The quantitative estimate of drug-likeness (QED) is 0.251. The van der Waals surface area contributed by atoms with Crippen molar-refractivity contribution >= 4 is 52.3 Å². The Kier molecular flexibility index (Phi) is 7.30. The van der Waals surface area contributed by atoms with Gasteiger partial charge in [-0.2, -0.15) is 0 Å².